The molecule has 2 heterocycles. The van der Waals surface area contributed by atoms with E-state index in [0.717, 1.165) is 32.1 Å². The molecule has 2 unspecified atom stereocenters. The van der Waals surface area contributed by atoms with E-state index >= 15 is 0 Å². The van der Waals surface area contributed by atoms with Gasteiger partial charge in [0.05, 0.1) is 0 Å². The van der Waals surface area contributed by atoms with Crippen LogP contribution < -0.4 is 5.56 Å². The lowest BCUT2D eigenvalue weighted by atomic mass is 9.82. The molecule has 0 bridgehead atoms. The lowest BCUT2D eigenvalue weighted by Crippen LogP contribution is -2.44. The summed E-state index contributed by atoms with van der Waals surface area (Å²) in [5, 5.41) is 6.10. The van der Waals surface area contributed by atoms with Crippen LogP contribution in [0.4, 0.5) is 0 Å². The molecule has 2 atom stereocenters. The first kappa shape index (κ1) is 14.0. The molecule has 3 rings (SSSR count). The molecule has 6 nitrogen and oxygen atoms in total. The maximum Gasteiger partial charge on any atom is 0.274 e. The fraction of sp³-hybridized carbons (Fsp3) is 0.600. The largest absolute Gasteiger partial charge is 0.334 e. The van der Waals surface area contributed by atoms with Gasteiger partial charge in [-0.25, -0.2) is 5.10 Å². The first-order valence-electron chi connectivity index (χ1n) is 7.56. The standard InChI is InChI=1S/C15H19N3O3/c19-13-6-2-1-4-10(13)12-5-3-9-18(12)15(21)11-7-8-14(20)17-16-11/h7-8,10,12H,1-6,9H2,(H,17,20). The smallest absolute Gasteiger partial charge is 0.274 e. The van der Waals surface area contributed by atoms with Crippen molar-refractivity contribution in [1.29, 1.82) is 0 Å². The Bertz CT molecular complexity index is 590. The molecule has 1 aliphatic heterocycles. The SMILES string of the molecule is O=C1CCCCC1C1CCCN1C(=O)c1ccc(=O)[nH]n1. The topological polar surface area (TPSA) is 83.1 Å². The van der Waals surface area contributed by atoms with Gasteiger partial charge in [0, 0.05) is 31.0 Å². The highest BCUT2D eigenvalue weighted by Crippen LogP contribution is 2.32. The summed E-state index contributed by atoms with van der Waals surface area (Å²) in [7, 11) is 0. The second-order valence-electron chi connectivity index (χ2n) is 5.83. The molecule has 0 radical (unpaired) electrons. The number of ketones is 1. The second kappa shape index (κ2) is 5.79. The molecule has 0 spiro atoms. The van der Waals surface area contributed by atoms with Crippen molar-refractivity contribution in [2.24, 2.45) is 5.92 Å². The number of hydrogen-bond acceptors (Lipinski definition) is 4. The Morgan fingerprint density at radius 2 is 2.05 bits per heavy atom. The Morgan fingerprint density at radius 1 is 1.19 bits per heavy atom. The number of Topliss-reactive ketones (excluding diaryl/α,β-unsaturated/α-hetero) is 1. The maximum atomic E-state index is 12.5. The molecule has 0 aromatic carbocycles. The summed E-state index contributed by atoms with van der Waals surface area (Å²) in [6.45, 7) is 0.661. The molecule has 6 heteroatoms. The third-order valence-electron chi connectivity index (χ3n) is 4.52. The van der Waals surface area contributed by atoms with Crippen molar-refractivity contribution in [1.82, 2.24) is 15.1 Å². The average Bonchev–Trinajstić information content (AvgIpc) is 2.97. The van der Waals surface area contributed by atoms with Gasteiger partial charge in [-0.3, -0.25) is 14.4 Å². The highest BCUT2D eigenvalue weighted by Gasteiger charge is 2.39. The zero-order valence-electron chi connectivity index (χ0n) is 11.9. The molecule has 1 amide bonds. The zero-order valence-corrected chi connectivity index (χ0v) is 11.9. The minimum absolute atomic E-state index is 0.000900. The summed E-state index contributed by atoms with van der Waals surface area (Å²) in [6, 6.07) is 2.75. The van der Waals surface area contributed by atoms with Crippen LogP contribution in [0.3, 0.4) is 0 Å². The molecule has 21 heavy (non-hydrogen) atoms. The first-order valence-corrected chi connectivity index (χ1v) is 7.56. The van der Waals surface area contributed by atoms with E-state index in [9.17, 15) is 14.4 Å². The number of amides is 1. The monoisotopic (exact) mass is 289 g/mol. The summed E-state index contributed by atoms with van der Waals surface area (Å²) in [5.74, 6) is 0.0838. The number of aromatic amines is 1. The molecule has 1 saturated carbocycles. The van der Waals surface area contributed by atoms with Gasteiger partial charge in [-0.2, -0.15) is 5.10 Å². The molecule has 1 aromatic heterocycles. The number of likely N-dealkylation sites (tertiary alicyclic amines) is 1. The molecule has 112 valence electrons. The van der Waals surface area contributed by atoms with Crippen LogP contribution in [0.25, 0.3) is 0 Å². The lowest BCUT2D eigenvalue weighted by Gasteiger charge is -2.32. The Labute approximate surface area is 122 Å². The molecular formula is C15H19N3O3. The van der Waals surface area contributed by atoms with E-state index < -0.39 is 0 Å². The van der Waals surface area contributed by atoms with E-state index in [1.807, 2.05) is 0 Å². The Hall–Kier alpha value is -1.98. The van der Waals surface area contributed by atoms with Gasteiger partial charge < -0.3 is 4.90 Å². The number of rotatable bonds is 2. The van der Waals surface area contributed by atoms with Crippen LogP contribution in [0.1, 0.15) is 49.0 Å². The van der Waals surface area contributed by atoms with Crippen LogP contribution in [-0.2, 0) is 4.79 Å². The fourth-order valence-corrected chi connectivity index (χ4v) is 3.49. The van der Waals surface area contributed by atoms with E-state index in [4.69, 9.17) is 0 Å². The molecule has 1 aliphatic carbocycles. The van der Waals surface area contributed by atoms with Gasteiger partial charge in [0.1, 0.15) is 11.5 Å². The van der Waals surface area contributed by atoms with Crippen molar-refractivity contribution in [3.8, 4) is 0 Å². The quantitative estimate of drug-likeness (QED) is 0.884. The Balaban J connectivity index is 1.80. The number of carbonyl (C=O) groups excluding carboxylic acids is 2. The highest BCUT2D eigenvalue weighted by atomic mass is 16.2. The summed E-state index contributed by atoms with van der Waals surface area (Å²) in [6.07, 6.45) is 5.35. The second-order valence-corrected chi connectivity index (χ2v) is 5.83. The third kappa shape index (κ3) is 2.75. The molecule has 1 N–H and O–H groups in total. The van der Waals surface area contributed by atoms with Crippen LogP contribution in [-0.4, -0.2) is 39.4 Å². The van der Waals surface area contributed by atoms with Crippen molar-refractivity contribution < 1.29 is 9.59 Å². The number of hydrogen-bond donors (Lipinski definition) is 1. The van der Waals surface area contributed by atoms with Crippen LogP contribution >= 0.6 is 0 Å². The minimum Gasteiger partial charge on any atom is -0.334 e. The van der Waals surface area contributed by atoms with Crippen molar-refractivity contribution in [3.05, 3.63) is 28.2 Å². The van der Waals surface area contributed by atoms with Crippen LogP contribution in [0.15, 0.2) is 16.9 Å². The van der Waals surface area contributed by atoms with Gasteiger partial charge in [0.25, 0.3) is 11.5 Å². The van der Waals surface area contributed by atoms with Crippen molar-refractivity contribution in [2.75, 3.05) is 6.54 Å². The summed E-state index contributed by atoms with van der Waals surface area (Å²) < 4.78 is 0. The van der Waals surface area contributed by atoms with Gasteiger partial charge in [-0.1, -0.05) is 6.42 Å². The normalized spacial score (nSPS) is 26.1. The van der Waals surface area contributed by atoms with E-state index in [0.29, 0.717) is 18.7 Å². The van der Waals surface area contributed by atoms with E-state index in [1.165, 1.54) is 12.1 Å². The van der Waals surface area contributed by atoms with Crippen molar-refractivity contribution in [2.45, 2.75) is 44.6 Å². The maximum absolute atomic E-state index is 12.5. The van der Waals surface area contributed by atoms with Crippen molar-refractivity contribution in [3.63, 3.8) is 0 Å². The minimum atomic E-state index is -0.327. The Kier molecular flexibility index (Phi) is 3.86. The van der Waals surface area contributed by atoms with E-state index in [1.54, 1.807) is 4.90 Å². The summed E-state index contributed by atoms with van der Waals surface area (Å²) >= 11 is 0. The lowest BCUT2D eigenvalue weighted by molar-refractivity contribution is -0.126. The van der Waals surface area contributed by atoms with Crippen molar-refractivity contribution >= 4 is 11.7 Å². The average molecular weight is 289 g/mol. The van der Waals surface area contributed by atoms with Crippen LogP contribution in [0.2, 0.25) is 0 Å². The molecule has 2 fully saturated rings. The number of H-pyrrole nitrogens is 1. The number of carbonyl (C=O) groups is 2. The zero-order chi connectivity index (χ0) is 14.8. The molecule has 1 saturated heterocycles. The van der Waals surface area contributed by atoms with E-state index in [-0.39, 0.29) is 29.1 Å². The van der Waals surface area contributed by atoms with Gasteiger partial charge >= 0.3 is 0 Å². The molecular weight excluding hydrogens is 270 g/mol. The van der Waals surface area contributed by atoms with Gasteiger partial charge in [0.2, 0.25) is 0 Å². The van der Waals surface area contributed by atoms with Gasteiger partial charge in [-0.15, -0.1) is 0 Å². The fourth-order valence-electron chi connectivity index (χ4n) is 3.49. The predicted octanol–water partition coefficient (Wildman–Crippen LogP) is 1.13. The van der Waals surface area contributed by atoms with Gasteiger partial charge in [-0.05, 0) is 31.7 Å². The van der Waals surface area contributed by atoms with E-state index in [2.05, 4.69) is 10.2 Å². The molecule has 1 aromatic rings. The molecule has 2 aliphatic rings. The summed E-state index contributed by atoms with van der Waals surface area (Å²) in [5.41, 5.74) is -0.0864. The number of nitrogens with one attached hydrogen (secondary N) is 1. The number of nitrogens with zero attached hydrogens (tertiary/aromatic N) is 2. The number of aromatic nitrogens is 2. The first-order chi connectivity index (χ1) is 10.2. The van der Waals surface area contributed by atoms with Crippen LogP contribution in [0.5, 0.6) is 0 Å². The predicted molar refractivity (Wildman–Crippen MR) is 75.9 cm³/mol. The highest BCUT2D eigenvalue weighted by molar-refractivity contribution is 5.93. The summed E-state index contributed by atoms with van der Waals surface area (Å²) in [4.78, 5) is 37.5. The van der Waals surface area contributed by atoms with Gasteiger partial charge in [0.15, 0.2) is 0 Å². The van der Waals surface area contributed by atoms with Crippen LogP contribution in [0, 0.1) is 5.92 Å². The third-order valence-corrected chi connectivity index (χ3v) is 4.52. The Morgan fingerprint density at radius 3 is 2.76 bits per heavy atom.